The number of anilines is 1. The fourth-order valence-electron chi connectivity index (χ4n) is 1.12. The Labute approximate surface area is 105 Å². The molecule has 0 unspecified atom stereocenters. The molecule has 98 valence electrons. The van der Waals surface area contributed by atoms with Crippen LogP contribution in [-0.2, 0) is 11.8 Å². The van der Waals surface area contributed by atoms with Gasteiger partial charge in [-0.15, -0.1) is 0 Å². The van der Waals surface area contributed by atoms with E-state index in [-0.39, 0.29) is 0 Å². The molecule has 1 aromatic heterocycles. The van der Waals surface area contributed by atoms with E-state index in [2.05, 4.69) is 25.5 Å². The third-order valence-corrected chi connectivity index (χ3v) is 1.89. The number of hydrazone groups is 2. The molecule has 8 nitrogen and oxygen atoms in total. The maximum atomic E-state index is 11.3. The quantitative estimate of drug-likeness (QED) is 0.458. The third kappa shape index (κ3) is 3.89. The smallest absolute Gasteiger partial charge is 0.356 e. The topological polar surface area (TPSA) is 84.1 Å². The van der Waals surface area contributed by atoms with Crippen LogP contribution in [0.25, 0.3) is 0 Å². The summed E-state index contributed by atoms with van der Waals surface area (Å²) < 4.78 is 6.02. The Hall–Kier alpha value is -2.38. The Balaban J connectivity index is 2.61. The zero-order valence-electron chi connectivity index (χ0n) is 10.8. The highest BCUT2D eigenvalue weighted by molar-refractivity contribution is 6.16. The minimum atomic E-state index is -0.448. The monoisotopic (exact) mass is 252 g/mol. The van der Waals surface area contributed by atoms with E-state index in [0.717, 1.165) is 0 Å². The van der Waals surface area contributed by atoms with E-state index in [1.807, 2.05) is 0 Å². The summed E-state index contributed by atoms with van der Waals surface area (Å²) in [6, 6.07) is 1.55. The molecule has 8 heteroatoms. The van der Waals surface area contributed by atoms with Gasteiger partial charge in [0.15, 0.2) is 5.82 Å². The van der Waals surface area contributed by atoms with Crippen LogP contribution >= 0.6 is 0 Å². The number of carbonyl (C=O) groups is 1. The predicted octanol–water partition coefficient (Wildman–Crippen LogP) is 0.152. The Bertz CT molecular complexity index is 463. The number of nitrogens with one attached hydrogen (secondary N) is 1. The molecule has 0 atom stereocenters. The minimum Gasteiger partial charge on any atom is -0.464 e. The predicted molar refractivity (Wildman–Crippen MR) is 68.8 cm³/mol. The van der Waals surface area contributed by atoms with E-state index in [4.69, 9.17) is 0 Å². The van der Waals surface area contributed by atoms with Gasteiger partial charge in [-0.1, -0.05) is 0 Å². The number of rotatable bonds is 5. The molecule has 0 aliphatic rings. The average molecular weight is 252 g/mol. The molecule has 1 aromatic rings. The zero-order chi connectivity index (χ0) is 13.5. The number of esters is 1. The second-order valence-electron chi connectivity index (χ2n) is 3.53. The molecule has 1 heterocycles. The maximum Gasteiger partial charge on any atom is 0.356 e. The van der Waals surface area contributed by atoms with E-state index in [0.29, 0.717) is 11.5 Å². The van der Waals surface area contributed by atoms with Gasteiger partial charge >= 0.3 is 5.97 Å². The van der Waals surface area contributed by atoms with E-state index in [1.165, 1.54) is 24.2 Å². The lowest BCUT2D eigenvalue weighted by atomic mass is 10.4. The molecule has 0 bridgehead atoms. The van der Waals surface area contributed by atoms with Gasteiger partial charge < -0.3 is 9.75 Å². The molecule has 18 heavy (non-hydrogen) atoms. The largest absolute Gasteiger partial charge is 0.464 e. The van der Waals surface area contributed by atoms with Gasteiger partial charge in [0.1, 0.15) is 5.69 Å². The maximum absolute atomic E-state index is 11.3. The van der Waals surface area contributed by atoms with Crippen molar-refractivity contribution < 1.29 is 9.53 Å². The van der Waals surface area contributed by atoms with Gasteiger partial charge in [-0.2, -0.15) is 15.3 Å². The highest BCUT2D eigenvalue weighted by Crippen LogP contribution is 2.08. The molecule has 0 fully saturated rings. The van der Waals surface area contributed by atoms with Crippen LogP contribution in [0.1, 0.15) is 10.5 Å². The first-order chi connectivity index (χ1) is 8.54. The van der Waals surface area contributed by atoms with Gasteiger partial charge in [0.2, 0.25) is 0 Å². The van der Waals surface area contributed by atoms with E-state index in [1.54, 1.807) is 32.2 Å². The molecule has 1 rings (SSSR count). The van der Waals surface area contributed by atoms with Crippen LogP contribution in [0.4, 0.5) is 5.82 Å². The summed E-state index contributed by atoms with van der Waals surface area (Å²) in [6.45, 7) is 0. The third-order valence-electron chi connectivity index (χ3n) is 1.89. The number of nitrogens with zero attached hydrogens (tertiary/aromatic N) is 5. The van der Waals surface area contributed by atoms with Crippen molar-refractivity contribution in [3.63, 3.8) is 0 Å². The fraction of sp³-hybridized carbons (Fsp3) is 0.400. The molecule has 0 aromatic carbocycles. The van der Waals surface area contributed by atoms with Gasteiger partial charge in [0.05, 0.1) is 19.5 Å². The first-order valence-electron chi connectivity index (χ1n) is 5.16. The van der Waals surface area contributed by atoms with Crippen LogP contribution in [-0.4, -0.2) is 54.4 Å². The van der Waals surface area contributed by atoms with Crippen molar-refractivity contribution >= 4 is 24.2 Å². The number of hydrogen-bond donors (Lipinski definition) is 1. The summed E-state index contributed by atoms with van der Waals surface area (Å²) in [6.07, 6.45) is 3.00. The first-order valence-corrected chi connectivity index (χ1v) is 5.16. The van der Waals surface area contributed by atoms with Crippen LogP contribution in [0, 0.1) is 0 Å². The number of carbonyl (C=O) groups excluding carboxylic acids is 1. The van der Waals surface area contributed by atoms with Gasteiger partial charge in [-0.25, -0.2) is 4.79 Å². The summed E-state index contributed by atoms with van der Waals surface area (Å²) >= 11 is 0. The lowest BCUT2D eigenvalue weighted by Crippen LogP contribution is -2.07. The number of ether oxygens (including phenoxy) is 1. The van der Waals surface area contributed by atoms with Crippen LogP contribution in [0.2, 0.25) is 0 Å². The lowest BCUT2D eigenvalue weighted by molar-refractivity contribution is 0.0588. The summed E-state index contributed by atoms with van der Waals surface area (Å²) in [7, 11) is 6.57. The van der Waals surface area contributed by atoms with E-state index < -0.39 is 5.97 Å². The second-order valence-corrected chi connectivity index (χ2v) is 3.53. The molecule has 0 aliphatic carbocycles. The van der Waals surface area contributed by atoms with Crippen LogP contribution in [0.15, 0.2) is 16.3 Å². The molecule has 0 radical (unpaired) electrons. The van der Waals surface area contributed by atoms with Crippen molar-refractivity contribution in [2.45, 2.75) is 0 Å². The number of hydrogen-bond acceptors (Lipinski definition) is 7. The number of aryl methyl sites for hydroxylation is 1. The van der Waals surface area contributed by atoms with Crippen molar-refractivity contribution in [1.82, 2.24) is 14.8 Å². The summed E-state index contributed by atoms with van der Waals surface area (Å²) in [4.78, 5) is 11.3. The van der Waals surface area contributed by atoms with Crippen molar-refractivity contribution in [2.24, 2.45) is 17.3 Å². The Morgan fingerprint density at radius 1 is 1.56 bits per heavy atom. The van der Waals surface area contributed by atoms with Gasteiger partial charge in [-0.05, 0) is 0 Å². The molecule has 0 aliphatic heterocycles. The zero-order valence-corrected chi connectivity index (χ0v) is 10.8. The van der Waals surface area contributed by atoms with Crippen LogP contribution in [0.3, 0.4) is 0 Å². The van der Waals surface area contributed by atoms with E-state index in [9.17, 15) is 4.79 Å². The standard InChI is InChI=1S/C10H16N6O2/c1-15(2)12-6-5-11-13-9-7-8(10(17)18-4)16(3)14-9/h5-7H,1-4H3,(H,13,14)/b11-5-,12-6-. The molecule has 1 N–H and O–H groups in total. The molecular formula is C10H16N6O2. The van der Waals surface area contributed by atoms with Crippen LogP contribution < -0.4 is 5.43 Å². The Kier molecular flexibility index (Phi) is 4.85. The van der Waals surface area contributed by atoms with Gasteiger partial charge in [0, 0.05) is 27.2 Å². The summed E-state index contributed by atoms with van der Waals surface area (Å²) in [5.41, 5.74) is 3.02. The van der Waals surface area contributed by atoms with Crippen molar-refractivity contribution in [2.75, 3.05) is 26.6 Å². The fourth-order valence-corrected chi connectivity index (χ4v) is 1.12. The first kappa shape index (κ1) is 13.7. The molecule has 0 amide bonds. The van der Waals surface area contributed by atoms with Crippen molar-refractivity contribution in [1.29, 1.82) is 0 Å². The normalized spacial score (nSPS) is 11.1. The van der Waals surface area contributed by atoms with Crippen molar-refractivity contribution in [3.8, 4) is 0 Å². The highest BCUT2D eigenvalue weighted by Gasteiger charge is 2.12. The highest BCUT2D eigenvalue weighted by atomic mass is 16.5. The molecule has 0 spiro atoms. The number of methoxy groups -OCH3 is 1. The summed E-state index contributed by atoms with van der Waals surface area (Å²) in [5, 5.41) is 13.5. The summed E-state index contributed by atoms with van der Waals surface area (Å²) in [5.74, 6) is 0.00334. The second kappa shape index (κ2) is 6.38. The van der Waals surface area contributed by atoms with Crippen molar-refractivity contribution in [3.05, 3.63) is 11.8 Å². The molecule has 0 saturated heterocycles. The SMILES string of the molecule is COC(=O)c1cc(N/N=C\C=N/N(C)C)nn1C. The number of aromatic nitrogens is 2. The van der Waals surface area contributed by atoms with Crippen LogP contribution in [0.5, 0.6) is 0 Å². The molecular weight excluding hydrogens is 236 g/mol. The minimum absolute atomic E-state index is 0.345. The Morgan fingerprint density at radius 2 is 2.28 bits per heavy atom. The van der Waals surface area contributed by atoms with Gasteiger partial charge in [-0.3, -0.25) is 10.1 Å². The van der Waals surface area contributed by atoms with Gasteiger partial charge in [0.25, 0.3) is 0 Å². The van der Waals surface area contributed by atoms with E-state index >= 15 is 0 Å². The molecule has 0 saturated carbocycles. The average Bonchev–Trinajstić information content (AvgIpc) is 2.69. The lowest BCUT2D eigenvalue weighted by Gasteiger charge is -1.99. The Morgan fingerprint density at radius 3 is 2.89 bits per heavy atom.